The van der Waals surface area contributed by atoms with Crippen LogP contribution in [0.25, 0.3) is 0 Å². The minimum Gasteiger partial charge on any atom is -0.490 e. The van der Waals surface area contributed by atoms with Gasteiger partial charge in [0.25, 0.3) is 0 Å². The molecule has 0 aromatic heterocycles. The number of ether oxygens (including phenoxy) is 2. The number of nitrogens with one attached hydrogen (secondary N) is 1. The SMILES string of the molecule is CC(C)CCOC(=O)NCCOc1ccc(Cc2ccccc2)cc1Cl. The molecule has 0 spiro atoms. The second kappa shape index (κ2) is 10.7. The third-order valence-electron chi connectivity index (χ3n) is 3.80. The molecular weight excluding hydrogens is 350 g/mol. The third kappa shape index (κ3) is 7.36. The van der Waals surface area contributed by atoms with Gasteiger partial charge in [0.2, 0.25) is 0 Å². The second-order valence-corrected chi connectivity index (χ2v) is 6.93. The number of hydrogen-bond acceptors (Lipinski definition) is 3. The van der Waals surface area contributed by atoms with E-state index in [1.165, 1.54) is 5.56 Å². The summed E-state index contributed by atoms with van der Waals surface area (Å²) in [6.45, 7) is 5.30. The molecule has 0 aliphatic heterocycles. The quantitative estimate of drug-likeness (QED) is 0.621. The van der Waals surface area contributed by atoms with Gasteiger partial charge in [0, 0.05) is 0 Å². The number of amides is 1. The van der Waals surface area contributed by atoms with Crippen LogP contribution in [-0.2, 0) is 11.2 Å². The smallest absolute Gasteiger partial charge is 0.407 e. The fourth-order valence-electron chi connectivity index (χ4n) is 2.36. The Balaban J connectivity index is 1.72. The van der Waals surface area contributed by atoms with E-state index in [2.05, 4.69) is 31.3 Å². The molecule has 2 aromatic rings. The molecule has 0 unspecified atom stereocenters. The number of rotatable bonds is 9. The average Bonchev–Trinajstić information content (AvgIpc) is 2.61. The van der Waals surface area contributed by atoms with Gasteiger partial charge < -0.3 is 14.8 Å². The molecule has 140 valence electrons. The van der Waals surface area contributed by atoms with Crippen LogP contribution in [-0.4, -0.2) is 25.9 Å². The average molecular weight is 376 g/mol. The summed E-state index contributed by atoms with van der Waals surface area (Å²) in [5.74, 6) is 1.12. The molecule has 0 aliphatic carbocycles. The highest BCUT2D eigenvalue weighted by Gasteiger charge is 2.06. The second-order valence-electron chi connectivity index (χ2n) is 6.52. The van der Waals surface area contributed by atoms with Crippen molar-refractivity contribution in [2.75, 3.05) is 19.8 Å². The zero-order valence-electron chi connectivity index (χ0n) is 15.3. The first-order valence-corrected chi connectivity index (χ1v) is 9.28. The maximum Gasteiger partial charge on any atom is 0.407 e. The van der Waals surface area contributed by atoms with Gasteiger partial charge in [-0.3, -0.25) is 0 Å². The van der Waals surface area contributed by atoms with Gasteiger partial charge in [-0.25, -0.2) is 4.79 Å². The summed E-state index contributed by atoms with van der Waals surface area (Å²) in [5.41, 5.74) is 2.36. The zero-order chi connectivity index (χ0) is 18.8. The van der Waals surface area contributed by atoms with Crippen molar-refractivity contribution in [1.82, 2.24) is 5.32 Å². The van der Waals surface area contributed by atoms with Crippen molar-refractivity contribution in [3.05, 3.63) is 64.7 Å². The van der Waals surface area contributed by atoms with Crippen LogP contribution >= 0.6 is 11.6 Å². The topological polar surface area (TPSA) is 47.6 Å². The molecule has 0 saturated heterocycles. The molecule has 1 N–H and O–H groups in total. The molecule has 0 saturated carbocycles. The van der Waals surface area contributed by atoms with Crippen molar-refractivity contribution < 1.29 is 14.3 Å². The number of alkyl carbamates (subject to hydrolysis) is 1. The molecule has 2 aromatic carbocycles. The third-order valence-corrected chi connectivity index (χ3v) is 4.10. The van der Waals surface area contributed by atoms with E-state index in [1.54, 1.807) is 0 Å². The largest absolute Gasteiger partial charge is 0.490 e. The lowest BCUT2D eigenvalue weighted by molar-refractivity contribution is 0.138. The molecule has 0 atom stereocenters. The summed E-state index contributed by atoms with van der Waals surface area (Å²) < 4.78 is 10.7. The van der Waals surface area contributed by atoms with E-state index in [4.69, 9.17) is 21.1 Å². The van der Waals surface area contributed by atoms with Gasteiger partial charge in [-0.1, -0.05) is 61.8 Å². The predicted molar refractivity (Wildman–Crippen MR) is 105 cm³/mol. The Morgan fingerprint density at radius 2 is 1.85 bits per heavy atom. The maximum absolute atomic E-state index is 11.5. The zero-order valence-corrected chi connectivity index (χ0v) is 16.1. The fraction of sp³-hybridized carbons (Fsp3) is 0.381. The fourth-order valence-corrected chi connectivity index (χ4v) is 2.61. The molecule has 0 fully saturated rings. The van der Waals surface area contributed by atoms with Crippen molar-refractivity contribution in [2.24, 2.45) is 5.92 Å². The van der Waals surface area contributed by atoms with E-state index in [9.17, 15) is 4.79 Å². The van der Waals surface area contributed by atoms with Gasteiger partial charge in [0.15, 0.2) is 0 Å². The van der Waals surface area contributed by atoms with E-state index >= 15 is 0 Å². The maximum atomic E-state index is 11.5. The van der Waals surface area contributed by atoms with E-state index in [0.29, 0.717) is 36.4 Å². The van der Waals surface area contributed by atoms with Crippen LogP contribution < -0.4 is 10.1 Å². The molecule has 0 aliphatic rings. The van der Waals surface area contributed by atoms with E-state index in [0.717, 1.165) is 18.4 Å². The van der Waals surface area contributed by atoms with E-state index < -0.39 is 6.09 Å². The monoisotopic (exact) mass is 375 g/mol. The van der Waals surface area contributed by atoms with Crippen LogP contribution in [0.2, 0.25) is 5.02 Å². The standard InChI is InChI=1S/C21H26ClNO3/c1-16(2)10-12-26-21(24)23-11-13-25-20-9-8-18(15-19(20)22)14-17-6-4-3-5-7-17/h3-9,15-16H,10-14H2,1-2H3,(H,23,24). The lowest BCUT2D eigenvalue weighted by Gasteiger charge is -2.11. The summed E-state index contributed by atoms with van der Waals surface area (Å²) in [6.07, 6.45) is 1.26. The Morgan fingerprint density at radius 3 is 2.54 bits per heavy atom. The number of carbonyl (C=O) groups excluding carboxylic acids is 1. The molecule has 0 bridgehead atoms. The highest BCUT2D eigenvalue weighted by atomic mass is 35.5. The summed E-state index contributed by atoms with van der Waals surface area (Å²) in [4.78, 5) is 11.5. The predicted octanol–water partition coefficient (Wildman–Crippen LogP) is 5.08. The highest BCUT2D eigenvalue weighted by molar-refractivity contribution is 6.32. The number of benzene rings is 2. The summed E-state index contributed by atoms with van der Waals surface area (Å²) >= 11 is 6.30. The van der Waals surface area contributed by atoms with Gasteiger partial charge >= 0.3 is 6.09 Å². The molecule has 0 heterocycles. The number of carbonyl (C=O) groups is 1. The van der Waals surface area contributed by atoms with Crippen molar-refractivity contribution in [1.29, 1.82) is 0 Å². The van der Waals surface area contributed by atoms with Crippen LogP contribution in [0, 0.1) is 5.92 Å². The lowest BCUT2D eigenvalue weighted by Crippen LogP contribution is -2.29. The Kier molecular flexibility index (Phi) is 8.29. The van der Waals surface area contributed by atoms with Crippen LogP contribution in [0.4, 0.5) is 4.79 Å². The number of hydrogen-bond donors (Lipinski definition) is 1. The Morgan fingerprint density at radius 1 is 1.08 bits per heavy atom. The highest BCUT2D eigenvalue weighted by Crippen LogP contribution is 2.26. The van der Waals surface area contributed by atoms with E-state index in [1.807, 2.05) is 36.4 Å². The first-order valence-electron chi connectivity index (χ1n) is 8.90. The molecule has 5 heteroatoms. The molecule has 26 heavy (non-hydrogen) atoms. The number of halogens is 1. The molecule has 0 radical (unpaired) electrons. The summed E-state index contributed by atoms with van der Waals surface area (Å²) in [5, 5.41) is 3.23. The molecule has 1 amide bonds. The van der Waals surface area contributed by atoms with Crippen molar-refractivity contribution in [3.8, 4) is 5.75 Å². The molecule has 2 rings (SSSR count). The molecule has 4 nitrogen and oxygen atoms in total. The van der Waals surface area contributed by atoms with Gasteiger partial charge in [-0.2, -0.15) is 0 Å². The van der Waals surface area contributed by atoms with Crippen molar-refractivity contribution in [3.63, 3.8) is 0 Å². The van der Waals surface area contributed by atoms with Crippen LogP contribution in [0.1, 0.15) is 31.4 Å². The van der Waals surface area contributed by atoms with E-state index in [-0.39, 0.29) is 0 Å². The first kappa shape index (κ1) is 20.1. The van der Waals surface area contributed by atoms with Gasteiger partial charge in [-0.15, -0.1) is 0 Å². The van der Waals surface area contributed by atoms with Crippen molar-refractivity contribution >= 4 is 17.7 Å². The van der Waals surface area contributed by atoms with Crippen molar-refractivity contribution in [2.45, 2.75) is 26.7 Å². The summed E-state index contributed by atoms with van der Waals surface area (Å²) in [7, 11) is 0. The van der Waals surface area contributed by atoms with Crippen LogP contribution in [0.3, 0.4) is 0 Å². The van der Waals surface area contributed by atoms with Gasteiger partial charge in [0.05, 0.1) is 18.2 Å². The Hall–Kier alpha value is -2.20. The van der Waals surface area contributed by atoms with Gasteiger partial charge in [0.1, 0.15) is 12.4 Å². The Labute approximate surface area is 160 Å². The molecular formula is C21H26ClNO3. The first-order chi connectivity index (χ1) is 12.5. The minimum atomic E-state index is -0.418. The van der Waals surface area contributed by atoms with Gasteiger partial charge in [-0.05, 0) is 42.0 Å². The lowest BCUT2D eigenvalue weighted by atomic mass is 10.1. The summed E-state index contributed by atoms with van der Waals surface area (Å²) in [6, 6.07) is 16.0. The Bertz CT molecular complexity index is 689. The van der Waals surface area contributed by atoms with Crippen LogP contribution in [0.5, 0.6) is 5.75 Å². The minimum absolute atomic E-state index is 0.330. The normalized spacial score (nSPS) is 10.6. The van der Waals surface area contributed by atoms with Crippen LogP contribution in [0.15, 0.2) is 48.5 Å².